The minimum absolute atomic E-state index is 0.199. The van der Waals surface area contributed by atoms with E-state index in [9.17, 15) is 9.90 Å². The van der Waals surface area contributed by atoms with Gasteiger partial charge in [-0.2, -0.15) is 0 Å². The smallest absolute Gasteiger partial charge is 0.237 e. The largest absolute Gasteiger partial charge is 0.396 e. The highest BCUT2D eigenvalue weighted by atomic mass is 16.3. The fourth-order valence-electron chi connectivity index (χ4n) is 4.05. The molecule has 1 aromatic carbocycles. The highest BCUT2D eigenvalue weighted by Gasteiger charge is 2.26. The molecule has 3 N–H and O–H groups in total. The van der Waals surface area contributed by atoms with E-state index in [1.807, 2.05) is 22.8 Å². The summed E-state index contributed by atoms with van der Waals surface area (Å²) in [6.45, 7) is 9.36. The molecule has 1 fully saturated rings. The van der Waals surface area contributed by atoms with E-state index in [0.717, 1.165) is 44.7 Å². The first-order valence-corrected chi connectivity index (χ1v) is 10.0. The van der Waals surface area contributed by atoms with E-state index in [-0.39, 0.29) is 19.1 Å². The average Bonchev–Trinajstić information content (AvgIpc) is 2.98. The number of nitrogens with two attached hydrogens (primary N) is 1. The van der Waals surface area contributed by atoms with Crippen molar-refractivity contribution in [2.24, 2.45) is 5.73 Å². The van der Waals surface area contributed by atoms with Gasteiger partial charge >= 0.3 is 0 Å². The quantitative estimate of drug-likeness (QED) is 0.683. The van der Waals surface area contributed by atoms with Gasteiger partial charge in [0.05, 0.1) is 0 Å². The highest BCUT2D eigenvalue weighted by molar-refractivity contribution is 5.85. The molecule has 1 amide bonds. The standard InChI is InChI=1S/C22H32N4O2/c1-17(2)7-9-25-11-10-24(15-19(25)8-12-27)13-18-14-26(16-22(23)28)21-6-4-3-5-20(18)21/h3-7,14,19,27H,8-13,15-16H2,1-2H3,(H2,23,28)/t19-/m0/s1. The number of aliphatic hydroxyl groups is 1. The summed E-state index contributed by atoms with van der Waals surface area (Å²) in [4.78, 5) is 16.4. The van der Waals surface area contributed by atoms with Crippen molar-refractivity contribution >= 4 is 16.8 Å². The predicted octanol–water partition coefficient (Wildman–Crippen LogP) is 1.96. The summed E-state index contributed by atoms with van der Waals surface area (Å²) in [6.07, 6.45) is 5.11. The number of primary amides is 1. The van der Waals surface area contributed by atoms with E-state index >= 15 is 0 Å². The molecule has 1 atom stereocenters. The number of nitrogens with zero attached hydrogens (tertiary/aromatic N) is 3. The van der Waals surface area contributed by atoms with E-state index in [4.69, 9.17) is 5.73 Å². The van der Waals surface area contributed by atoms with Crippen molar-refractivity contribution in [2.75, 3.05) is 32.8 Å². The van der Waals surface area contributed by atoms with Crippen LogP contribution in [0, 0.1) is 0 Å². The monoisotopic (exact) mass is 384 g/mol. The van der Waals surface area contributed by atoms with Crippen LogP contribution >= 0.6 is 0 Å². The van der Waals surface area contributed by atoms with Gasteiger partial charge in [-0.1, -0.05) is 29.8 Å². The van der Waals surface area contributed by atoms with Crippen LogP contribution in [-0.2, 0) is 17.9 Å². The number of rotatable bonds is 8. The van der Waals surface area contributed by atoms with E-state index in [1.54, 1.807) is 0 Å². The first-order chi connectivity index (χ1) is 13.5. The Labute approximate surface area is 167 Å². The minimum Gasteiger partial charge on any atom is -0.396 e. The van der Waals surface area contributed by atoms with Crippen molar-refractivity contribution in [3.8, 4) is 0 Å². The Kier molecular flexibility index (Phi) is 6.88. The summed E-state index contributed by atoms with van der Waals surface area (Å²) in [5, 5.41) is 10.7. The summed E-state index contributed by atoms with van der Waals surface area (Å²) in [5.74, 6) is -0.330. The molecule has 0 bridgehead atoms. The molecule has 1 aliphatic rings. The van der Waals surface area contributed by atoms with E-state index in [0.29, 0.717) is 6.04 Å². The molecular formula is C22H32N4O2. The number of hydrogen-bond donors (Lipinski definition) is 2. The molecular weight excluding hydrogens is 352 g/mol. The van der Waals surface area contributed by atoms with Crippen molar-refractivity contribution < 1.29 is 9.90 Å². The van der Waals surface area contributed by atoms with Gasteiger partial charge in [-0.05, 0) is 31.9 Å². The second kappa shape index (κ2) is 9.37. The van der Waals surface area contributed by atoms with Gasteiger partial charge < -0.3 is 15.4 Å². The van der Waals surface area contributed by atoms with Crippen LogP contribution < -0.4 is 5.73 Å². The second-order valence-corrected chi connectivity index (χ2v) is 7.94. The molecule has 6 heteroatoms. The van der Waals surface area contributed by atoms with Gasteiger partial charge in [0, 0.05) is 62.5 Å². The zero-order valence-corrected chi connectivity index (χ0v) is 17.0. The van der Waals surface area contributed by atoms with Crippen molar-refractivity contribution in [3.05, 3.63) is 47.7 Å². The number of carbonyl (C=O) groups is 1. The minimum atomic E-state index is -0.330. The molecule has 0 radical (unpaired) electrons. The second-order valence-electron chi connectivity index (χ2n) is 7.94. The Morgan fingerprint density at radius 2 is 2.07 bits per heavy atom. The van der Waals surface area contributed by atoms with Gasteiger partial charge in [-0.3, -0.25) is 14.6 Å². The van der Waals surface area contributed by atoms with Gasteiger partial charge in [0.1, 0.15) is 6.54 Å². The molecule has 1 aliphatic heterocycles. The lowest BCUT2D eigenvalue weighted by molar-refractivity contribution is -0.118. The molecule has 2 heterocycles. The maximum absolute atomic E-state index is 11.4. The van der Waals surface area contributed by atoms with Gasteiger partial charge in [0.15, 0.2) is 0 Å². The number of allylic oxidation sites excluding steroid dienone is 1. The molecule has 2 aromatic rings. The van der Waals surface area contributed by atoms with Crippen LogP contribution in [0.3, 0.4) is 0 Å². The van der Waals surface area contributed by atoms with Crippen LogP contribution in [-0.4, -0.2) is 64.2 Å². The number of hydrogen-bond acceptors (Lipinski definition) is 4. The third kappa shape index (κ3) is 5.01. The lowest BCUT2D eigenvalue weighted by atomic mass is 10.1. The Hall–Kier alpha value is -2.15. The van der Waals surface area contributed by atoms with Crippen molar-refractivity contribution in [1.82, 2.24) is 14.4 Å². The van der Waals surface area contributed by atoms with Crippen molar-refractivity contribution in [2.45, 2.75) is 39.4 Å². The van der Waals surface area contributed by atoms with Crippen LogP contribution in [0.15, 0.2) is 42.1 Å². The topological polar surface area (TPSA) is 74.7 Å². The molecule has 6 nitrogen and oxygen atoms in total. The fraction of sp³-hybridized carbons (Fsp3) is 0.500. The SMILES string of the molecule is CC(C)=CCN1CCN(Cc2cn(CC(N)=O)c3ccccc23)C[C@@H]1CCO. The molecule has 28 heavy (non-hydrogen) atoms. The lowest BCUT2D eigenvalue weighted by Gasteiger charge is -2.41. The van der Waals surface area contributed by atoms with Crippen LogP contribution in [0.5, 0.6) is 0 Å². The first-order valence-electron chi connectivity index (χ1n) is 10.0. The van der Waals surface area contributed by atoms with Crippen LogP contribution in [0.2, 0.25) is 0 Å². The summed E-state index contributed by atoms with van der Waals surface area (Å²) in [5.41, 5.74) is 9.01. The van der Waals surface area contributed by atoms with Gasteiger partial charge in [0.2, 0.25) is 5.91 Å². The summed E-state index contributed by atoms with van der Waals surface area (Å²) in [7, 11) is 0. The molecule has 152 valence electrons. The number of aliphatic hydroxyl groups excluding tert-OH is 1. The highest BCUT2D eigenvalue weighted by Crippen LogP contribution is 2.24. The van der Waals surface area contributed by atoms with Crippen LogP contribution in [0.4, 0.5) is 0 Å². The molecule has 0 spiro atoms. The lowest BCUT2D eigenvalue weighted by Crippen LogP contribution is -2.53. The maximum atomic E-state index is 11.4. The number of para-hydroxylation sites is 1. The molecule has 0 aliphatic carbocycles. The Bertz CT molecular complexity index is 838. The molecule has 0 saturated carbocycles. The Morgan fingerprint density at radius 3 is 2.79 bits per heavy atom. The zero-order chi connectivity index (χ0) is 20.1. The summed E-state index contributed by atoms with van der Waals surface area (Å²) < 4.78 is 1.95. The number of fused-ring (bicyclic) bond motifs is 1. The van der Waals surface area contributed by atoms with Crippen molar-refractivity contribution in [1.29, 1.82) is 0 Å². The fourth-order valence-corrected chi connectivity index (χ4v) is 4.05. The number of carbonyl (C=O) groups excluding carboxylic acids is 1. The van der Waals surface area contributed by atoms with E-state index < -0.39 is 0 Å². The van der Waals surface area contributed by atoms with E-state index in [2.05, 4.69) is 42.0 Å². The molecule has 0 unspecified atom stereocenters. The third-order valence-corrected chi connectivity index (χ3v) is 5.48. The normalized spacial score (nSPS) is 18.5. The molecule has 1 saturated heterocycles. The Morgan fingerprint density at radius 1 is 1.29 bits per heavy atom. The number of aromatic nitrogens is 1. The number of benzene rings is 1. The molecule has 1 aromatic heterocycles. The number of piperazine rings is 1. The van der Waals surface area contributed by atoms with E-state index in [1.165, 1.54) is 16.5 Å². The first kappa shape index (κ1) is 20.6. The van der Waals surface area contributed by atoms with Gasteiger partial charge in [-0.25, -0.2) is 0 Å². The zero-order valence-electron chi connectivity index (χ0n) is 17.0. The van der Waals surface area contributed by atoms with Crippen molar-refractivity contribution in [3.63, 3.8) is 0 Å². The summed E-state index contributed by atoms with van der Waals surface area (Å²) >= 11 is 0. The predicted molar refractivity (Wildman–Crippen MR) is 113 cm³/mol. The third-order valence-electron chi connectivity index (χ3n) is 5.48. The molecule has 3 rings (SSSR count). The van der Waals surface area contributed by atoms with Gasteiger partial charge in [0.25, 0.3) is 0 Å². The van der Waals surface area contributed by atoms with Crippen LogP contribution in [0.25, 0.3) is 10.9 Å². The van der Waals surface area contributed by atoms with Crippen LogP contribution in [0.1, 0.15) is 25.8 Å². The van der Waals surface area contributed by atoms with Gasteiger partial charge in [-0.15, -0.1) is 0 Å². The average molecular weight is 385 g/mol. The maximum Gasteiger partial charge on any atom is 0.237 e. The summed E-state index contributed by atoms with van der Waals surface area (Å²) in [6, 6.07) is 8.52. The number of amides is 1. The Balaban J connectivity index is 1.75.